The van der Waals surface area contributed by atoms with Crippen molar-refractivity contribution in [3.8, 4) is 0 Å². The van der Waals surface area contributed by atoms with Gasteiger partial charge in [0, 0.05) is 10.0 Å². The number of halogens is 1. The van der Waals surface area contributed by atoms with Crippen LogP contribution in [-0.2, 0) is 0 Å². The fraction of sp³-hybridized carbons (Fsp3) is 0. The van der Waals surface area contributed by atoms with Crippen molar-refractivity contribution in [3.05, 3.63) is 79.0 Å². The van der Waals surface area contributed by atoms with Gasteiger partial charge in [-0.3, -0.25) is 4.79 Å². The van der Waals surface area contributed by atoms with Crippen LogP contribution in [-0.4, -0.2) is 5.78 Å². The van der Waals surface area contributed by atoms with Crippen LogP contribution in [0.1, 0.15) is 15.9 Å². The minimum Gasteiger partial charge on any atom is -0.289 e. The van der Waals surface area contributed by atoms with Crippen molar-refractivity contribution in [2.24, 2.45) is 0 Å². The van der Waals surface area contributed by atoms with Crippen molar-refractivity contribution in [2.75, 3.05) is 0 Å². The molecule has 0 heterocycles. The third kappa shape index (κ3) is 1.50. The van der Waals surface area contributed by atoms with Gasteiger partial charge in [0.25, 0.3) is 0 Å². The second-order valence-electron chi connectivity index (χ2n) is 4.76. The first-order chi connectivity index (χ1) is 9.24. The molecule has 0 N–H and O–H groups in total. The van der Waals surface area contributed by atoms with Crippen molar-refractivity contribution < 1.29 is 4.79 Å². The second kappa shape index (κ2) is 3.78. The maximum absolute atomic E-state index is 12.1. The molecular weight excluding hydrogens is 300 g/mol. The van der Waals surface area contributed by atoms with Gasteiger partial charge < -0.3 is 0 Å². The summed E-state index contributed by atoms with van der Waals surface area (Å²) >= 11 is 3.49. The van der Waals surface area contributed by atoms with Gasteiger partial charge in [0.15, 0.2) is 5.78 Å². The number of fused-ring (bicyclic) bond motifs is 4. The van der Waals surface area contributed by atoms with Crippen LogP contribution in [0.3, 0.4) is 0 Å². The summed E-state index contributed by atoms with van der Waals surface area (Å²) < 4.78 is 1.06. The number of carbonyl (C=O) groups is 1. The molecule has 0 amide bonds. The van der Waals surface area contributed by atoms with Gasteiger partial charge in [-0.1, -0.05) is 46.3 Å². The van der Waals surface area contributed by atoms with E-state index >= 15 is 0 Å². The average Bonchev–Trinajstić information content (AvgIpc) is 2.76. The van der Waals surface area contributed by atoms with Crippen LogP contribution in [0.2, 0.25) is 0 Å². The molecule has 0 aliphatic heterocycles. The van der Waals surface area contributed by atoms with E-state index in [4.69, 9.17) is 0 Å². The van der Waals surface area contributed by atoms with Crippen molar-refractivity contribution in [2.45, 2.75) is 0 Å². The highest BCUT2D eigenvalue weighted by Crippen LogP contribution is 2.17. The van der Waals surface area contributed by atoms with Gasteiger partial charge in [-0.2, -0.15) is 0 Å². The molecule has 0 radical (unpaired) electrons. The molecule has 19 heavy (non-hydrogen) atoms. The molecule has 90 valence electrons. The molecule has 0 saturated heterocycles. The molecule has 1 nitrogen and oxygen atoms in total. The van der Waals surface area contributed by atoms with Gasteiger partial charge in [-0.05, 0) is 50.7 Å². The van der Waals surface area contributed by atoms with E-state index in [1.807, 2.05) is 24.3 Å². The molecule has 0 spiro atoms. The average molecular weight is 309 g/mol. The Morgan fingerprint density at radius 1 is 0.947 bits per heavy atom. The highest BCUT2D eigenvalue weighted by atomic mass is 79.9. The zero-order chi connectivity index (χ0) is 13.0. The summed E-state index contributed by atoms with van der Waals surface area (Å²) in [5, 5.41) is 4.52. The van der Waals surface area contributed by atoms with E-state index in [9.17, 15) is 4.79 Å². The molecule has 0 bridgehead atoms. The smallest absolute Gasteiger partial charge is 0.187 e. The Balaban J connectivity index is 2.25. The number of rotatable bonds is 0. The quantitative estimate of drug-likeness (QED) is 0.623. The van der Waals surface area contributed by atoms with Gasteiger partial charge in [0.05, 0.1) is 0 Å². The minimum atomic E-state index is 0.0949. The SMILES string of the molecule is O=C1C=CC=c2ccc3c(c21)C=c1cc(Br)ccc1=3. The molecule has 0 aromatic heterocycles. The normalized spacial score (nSPS) is 14.3. The van der Waals surface area contributed by atoms with Gasteiger partial charge in [0.2, 0.25) is 0 Å². The van der Waals surface area contributed by atoms with E-state index in [0.29, 0.717) is 0 Å². The summed E-state index contributed by atoms with van der Waals surface area (Å²) in [5.41, 5.74) is 1.88. The molecule has 0 fully saturated rings. The van der Waals surface area contributed by atoms with Crippen LogP contribution in [0.4, 0.5) is 0 Å². The Hall–Kier alpha value is -1.93. The van der Waals surface area contributed by atoms with E-state index in [-0.39, 0.29) is 5.78 Å². The fourth-order valence-corrected chi connectivity index (χ4v) is 3.19. The molecule has 0 atom stereocenters. The van der Waals surface area contributed by atoms with Crippen LogP contribution >= 0.6 is 15.9 Å². The van der Waals surface area contributed by atoms with Crippen molar-refractivity contribution >= 4 is 33.9 Å². The van der Waals surface area contributed by atoms with Crippen LogP contribution in [0.25, 0.3) is 12.2 Å². The number of benzene rings is 2. The van der Waals surface area contributed by atoms with Gasteiger partial charge in [-0.15, -0.1) is 0 Å². The summed E-state index contributed by atoms with van der Waals surface area (Å²) in [6.45, 7) is 0. The Bertz CT molecular complexity index is 981. The topological polar surface area (TPSA) is 17.1 Å². The third-order valence-corrected chi connectivity index (χ3v) is 4.14. The maximum Gasteiger partial charge on any atom is 0.187 e. The summed E-state index contributed by atoms with van der Waals surface area (Å²) in [6, 6.07) is 10.4. The highest BCUT2D eigenvalue weighted by Gasteiger charge is 2.15. The Kier molecular flexibility index (Phi) is 2.18. The number of carbonyl (C=O) groups excluding carboxylic acids is 1. The highest BCUT2D eigenvalue weighted by molar-refractivity contribution is 9.10. The first kappa shape index (κ1) is 10.9. The van der Waals surface area contributed by atoms with Gasteiger partial charge >= 0.3 is 0 Å². The second-order valence-corrected chi connectivity index (χ2v) is 5.67. The van der Waals surface area contributed by atoms with Gasteiger partial charge in [-0.25, -0.2) is 0 Å². The van der Waals surface area contributed by atoms with Gasteiger partial charge in [0.1, 0.15) is 0 Å². The fourth-order valence-electron chi connectivity index (χ4n) is 2.81. The molecule has 2 aromatic rings. The van der Waals surface area contributed by atoms with Crippen LogP contribution in [0.5, 0.6) is 0 Å². The van der Waals surface area contributed by atoms with E-state index < -0.39 is 0 Å². The van der Waals surface area contributed by atoms with Crippen LogP contribution < -0.4 is 10.4 Å². The lowest BCUT2D eigenvalue weighted by molar-refractivity contribution is 0.104. The molecule has 0 unspecified atom stereocenters. The third-order valence-electron chi connectivity index (χ3n) is 3.65. The van der Waals surface area contributed by atoms with Crippen LogP contribution in [0, 0.1) is 10.4 Å². The molecule has 4 rings (SSSR count). The number of hydrogen-bond acceptors (Lipinski definition) is 1. The number of ketones is 1. The predicted molar refractivity (Wildman–Crippen MR) is 79.0 cm³/mol. The molecule has 2 aliphatic carbocycles. The lowest BCUT2D eigenvalue weighted by atomic mass is 9.96. The van der Waals surface area contributed by atoms with E-state index in [1.54, 1.807) is 6.08 Å². The van der Waals surface area contributed by atoms with E-state index in [0.717, 1.165) is 26.0 Å². The summed E-state index contributed by atoms with van der Waals surface area (Å²) in [6.07, 6.45) is 7.55. The minimum absolute atomic E-state index is 0.0949. The summed E-state index contributed by atoms with van der Waals surface area (Å²) in [5.74, 6) is 0.0949. The molecule has 2 heteroatoms. The Morgan fingerprint density at radius 3 is 2.68 bits per heavy atom. The standard InChI is InChI=1S/C17H9BrO/c18-12-5-7-13-11(8-12)9-15-14(13)6-4-10-2-1-3-16(19)17(10)15/h1-9H. The summed E-state index contributed by atoms with van der Waals surface area (Å²) in [4.78, 5) is 12.1. The largest absolute Gasteiger partial charge is 0.289 e. The van der Waals surface area contributed by atoms with Crippen molar-refractivity contribution in [1.29, 1.82) is 0 Å². The first-order valence-corrected chi connectivity index (χ1v) is 6.91. The zero-order valence-corrected chi connectivity index (χ0v) is 11.6. The molecular formula is C17H9BrO. The maximum atomic E-state index is 12.1. The predicted octanol–water partition coefficient (Wildman–Crippen LogP) is 2.41. The number of hydrogen-bond donors (Lipinski definition) is 0. The zero-order valence-electron chi connectivity index (χ0n) is 9.98. The first-order valence-electron chi connectivity index (χ1n) is 6.11. The van der Waals surface area contributed by atoms with E-state index in [2.05, 4.69) is 40.2 Å². The van der Waals surface area contributed by atoms with Crippen LogP contribution in [0.15, 0.2) is 47.0 Å². The molecule has 2 aliphatic rings. The number of allylic oxidation sites excluding steroid dienone is 2. The lowest BCUT2D eigenvalue weighted by Crippen LogP contribution is -2.18. The molecule has 0 saturated carbocycles. The Morgan fingerprint density at radius 2 is 1.79 bits per heavy atom. The lowest BCUT2D eigenvalue weighted by Gasteiger charge is -2.06. The Labute approximate surface area is 118 Å². The monoisotopic (exact) mass is 308 g/mol. The summed E-state index contributed by atoms with van der Waals surface area (Å²) in [7, 11) is 0. The van der Waals surface area contributed by atoms with E-state index in [1.165, 1.54) is 10.4 Å². The molecule has 2 aromatic carbocycles. The van der Waals surface area contributed by atoms with Crippen molar-refractivity contribution in [1.82, 2.24) is 0 Å². The van der Waals surface area contributed by atoms with Crippen molar-refractivity contribution in [3.63, 3.8) is 0 Å².